The van der Waals surface area contributed by atoms with Gasteiger partial charge in [-0.25, -0.2) is 0 Å². The first-order valence-corrected chi connectivity index (χ1v) is 7.45. The molecule has 2 aliphatic rings. The van der Waals surface area contributed by atoms with E-state index in [0.29, 0.717) is 16.9 Å². The molecule has 1 N–H and O–H groups in total. The maximum atomic E-state index is 10.5. The van der Waals surface area contributed by atoms with E-state index in [9.17, 15) is 5.11 Å². The number of aliphatic hydroxyl groups excluding tert-OH is 1. The lowest BCUT2D eigenvalue weighted by Gasteiger charge is -2.27. The first kappa shape index (κ1) is 12.0. The predicted molar refractivity (Wildman–Crippen MR) is 73.0 cm³/mol. The molecule has 92 valence electrons. The normalized spacial score (nSPS) is 33.0. The number of hydrogen-bond acceptors (Lipinski definition) is 1. The lowest BCUT2D eigenvalue weighted by molar-refractivity contribution is 0.0745. The molecule has 0 amide bonds. The fraction of sp³-hybridized carbons (Fsp3) is 0.571. The van der Waals surface area contributed by atoms with E-state index in [2.05, 4.69) is 15.9 Å². The number of halogens is 2. The summed E-state index contributed by atoms with van der Waals surface area (Å²) in [5.41, 5.74) is 0.888. The van der Waals surface area contributed by atoms with Crippen LogP contribution in [0.3, 0.4) is 0 Å². The van der Waals surface area contributed by atoms with Crippen LogP contribution in [0.4, 0.5) is 0 Å². The molecule has 0 radical (unpaired) electrons. The Morgan fingerprint density at radius 1 is 1.29 bits per heavy atom. The van der Waals surface area contributed by atoms with Crippen molar-refractivity contribution in [3.05, 3.63) is 33.3 Å². The summed E-state index contributed by atoms with van der Waals surface area (Å²) in [6, 6.07) is 5.73. The van der Waals surface area contributed by atoms with Gasteiger partial charge in [-0.15, -0.1) is 0 Å². The third-order valence-electron chi connectivity index (χ3n) is 4.48. The smallest absolute Gasteiger partial charge is 0.0835 e. The Labute approximate surface area is 115 Å². The minimum atomic E-state index is -0.393. The zero-order valence-corrected chi connectivity index (χ0v) is 11.9. The Bertz CT molecular complexity index is 434. The van der Waals surface area contributed by atoms with Gasteiger partial charge in [-0.3, -0.25) is 0 Å². The van der Waals surface area contributed by atoms with Crippen molar-refractivity contribution in [2.24, 2.45) is 17.8 Å². The molecule has 0 aromatic heterocycles. The second-order valence-corrected chi connectivity index (χ2v) is 6.77. The van der Waals surface area contributed by atoms with E-state index < -0.39 is 6.10 Å². The van der Waals surface area contributed by atoms with Crippen LogP contribution in [0.15, 0.2) is 22.7 Å². The predicted octanol–water partition coefficient (Wildman–Crippen LogP) is 4.57. The van der Waals surface area contributed by atoms with Crippen LogP contribution in [-0.2, 0) is 0 Å². The summed E-state index contributed by atoms with van der Waals surface area (Å²) in [5, 5.41) is 11.2. The first-order chi connectivity index (χ1) is 8.15. The molecule has 17 heavy (non-hydrogen) atoms. The zero-order valence-electron chi connectivity index (χ0n) is 9.57. The number of fused-ring (bicyclic) bond motifs is 2. The molecule has 1 nitrogen and oxygen atoms in total. The monoisotopic (exact) mass is 314 g/mol. The van der Waals surface area contributed by atoms with Crippen molar-refractivity contribution in [1.82, 2.24) is 0 Å². The van der Waals surface area contributed by atoms with Gasteiger partial charge in [0, 0.05) is 15.1 Å². The highest BCUT2D eigenvalue weighted by Gasteiger charge is 2.43. The lowest BCUT2D eigenvalue weighted by Crippen LogP contribution is -2.19. The molecule has 1 aromatic rings. The van der Waals surface area contributed by atoms with Crippen LogP contribution in [0.5, 0.6) is 0 Å². The molecule has 2 saturated carbocycles. The van der Waals surface area contributed by atoms with Gasteiger partial charge in [-0.2, -0.15) is 0 Å². The van der Waals surface area contributed by atoms with E-state index in [4.69, 9.17) is 11.6 Å². The van der Waals surface area contributed by atoms with E-state index in [0.717, 1.165) is 16.0 Å². The maximum absolute atomic E-state index is 10.5. The van der Waals surface area contributed by atoms with Gasteiger partial charge in [0.1, 0.15) is 0 Å². The molecule has 0 aliphatic heterocycles. The van der Waals surface area contributed by atoms with Gasteiger partial charge >= 0.3 is 0 Å². The van der Waals surface area contributed by atoms with Crippen molar-refractivity contribution >= 4 is 27.5 Å². The van der Waals surface area contributed by atoms with Crippen LogP contribution in [0.25, 0.3) is 0 Å². The molecule has 0 heterocycles. The molecular weight excluding hydrogens is 300 g/mol. The second-order valence-electron chi connectivity index (χ2n) is 5.45. The first-order valence-electron chi connectivity index (χ1n) is 6.28. The summed E-state index contributed by atoms with van der Waals surface area (Å²) in [4.78, 5) is 0. The summed E-state index contributed by atoms with van der Waals surface area (Å²) >= 11 is 9.64. The van der Waals surface area contributed by atoms with Crippen LogP contribution in [0.2, 0.25) is 5.02 Å². The van der Waals surface area contributed by atoms with E-state index in [-0.39, 0.29) is 0 Å². The Kier molecular flexibility index (Phi) is 3.22. The average molecular weight is 316 g/mol. The van der Waals surface area contributed by atoms with Gasteiger partial charge in [0.05, 0.1) is 6.10 Å². The highest BCUT2D eigenvalue weighted by Crippen LogP contribution is 2.53. The van der Waals surface area contributed by atoms with Crippen LogP contribution in [-0.4, -0.2) is 5.11 Å². The zero-order chi connectivity index (χ0) is 12.0. The van der Waals surface area contributed by atoms with Crippen LogP contribution in [0, 0.1) is 17.8 Å². The van der Waals surface area contributed by atoms with Gasteiger partial charge in [0.25, 0.3) is 0 Å². The summed E-state index contributed by atoms with van der Waals surface area (Å²) in [5.74, 6) is 1.98. The molecule has 0 spiro atoms. The van der Waals surface area contributed by atoms with Crippen LogP contribution < -0.4 is 0 Å². The summed E-state index contributed by atoms with van der Waals surface area (Å²) in [6.45, 7) is 0. The largest absolute Gasteiger partial charge is 0.388 e. The molecular formula is C14H16BrClO. The quantitative estimate of drug-likeness (QED) is 0.847. The molecule has 2 bridgehead atoms. The fourth-order valence-electron chi connectivity index (χ4n) is 3.65. The summed E-state index contributed by atoms with van der Waals surface area (Å²) in [7, 11) is 0. The van der Waals surface area contributed by atoms with E-state index in [1.54, 1.807) is 0 Å². The molecule has 2 aliphatic carbocycles. The Morgan fingerprint density at radius 2 is 2.12 bits per heavy atom. The van der Waals surface area contributed by atoms with E-state index >= 15 is 0 Å². The minimum absolute atomic E-state index is 0.393. The average Bonchev–Trinajstić information content (AvgIpc) is 2.93. The van der Waals surface area contributed by atoms with E-state index in [1.165, 1.54) is 25.7 Å². The molecule has 4 unspecified atom stereocenters. The lowest BCUT2D eigenvalue weighted by atomic mass is 9.82. The minimum Gasteiger partial charge on any atom is -0.388 e. The van der Waals surface area contributed by atoms with E-state index in [1.807, 2.05) is 18.2 Å². The molecule has 0 saturated heterocycles. The van der Waals surface area contributed by atoms with Crippen molar-refractivity contribution in [1.29, 1.82) is 0 Å². The van der Waals surface area contributed by atoms with Crippen molar-refractivity contribution in [3.63, 3.8) is 0 Å². The molecule has 4 atom stereocenters. The highest BCUT2D eigenvalue weighted by molar-refractivity contribution is 9.10. The van der Waals surface area contributed by atoms with Gasteiger partial charge < -0.3 is 5.11 Å². The maximum Gasteiger partial charge on any atom is 0.0835 e. The summed E-state index contributed by atoms with van der Waals surface area (Å²) < 4.78 is 0.985. The van der Waals surface area contributed by atoms with Gasteiger partial charge in [-0.1, -0.05) is 34.0 Å². The second kappa shape index (κ2) is 4.56. The number of rotatable bonds is 2. The number of hydrogen-bond donors (Lipinski definition) is 1. The number of benzene rings is 1. The molecule has 3 heteroatoms. The van der Waals surface area contributed by atoms with Crippen molar-refractivity contribution in [2.45, 2.75) is 31.8 Å². The molecule has 2 fully saturated rings. The van der Waals surface area contributed by atoms with Crippen molar-refractivity contribution in [2.75, 3.05) is 0 Å². The van der Waals surface area contributed by atoms with Gasteiger partial charge in [0.2, 0.25) is 0 Å². The Hall–Kier alpha value is -0.0500. The van der Waals surface area contributed by atoms with Crippen molar-refractivity contribution in [3.8, 4) is 0 Å². The Morgan fingerprint density at radius 3 is 2.76 bits per heavy atom. The molecule has 1 aromatic carbocycles. The summed E-state index contributed by atoms with van der Waals surface area (Å²) in [6.07, 6.45) is 4.75. The molecule has 3 rings (SSSR count). The van der Waals surface area contributed by atoms with Gasteiger partial charge in [0.15, 0.2) is 0 Å². The van der Waals surface area contributed by atoms with Gasteiger partial charge in [-0.05, 0) is 55.2 Å². The highest BCUT2D eigenvalue weighted by atomic mass is 79.9. The van der Waals surface area contributed by atoms with Crippen molar-refractivity contribution < 1.29 is 5.11 Å². The standard InChI is InChI=1S/C14H16BrClO/c15-10-3-4-13(16)12(7-10)14(17)11-6-8-1-2-9(11)5-8/h3-4,7-9,11,14,17H,1-2,5-6H2. The van der Waals surface area contributed by atoms with Crippen LogP contribution in [0.1, 0.15) is 37.4 Å². The number of aliphatic hydroxyl groups is 1. The third-order valence-corrected chi connectivity index (χ3v) is 5.31. The SMILES string of the molecule is OC(c1cc(Br)ccc1Cl)C1CC2CCC1C2. The van der Waals surface area contributed by atoms with Crippen LogP contribution >= 0.6 is 27.5 Å². The topological polar surface area (TPSA) is 20.2 Å². The Balaban J connectivity index is 1.86. The fourth-order valence-corrected chi connectivity index (χ4v) is 4.26. The third kappa shape index (κ3) is 2.16.